The molecule has 0 radical (unpaired) electrons. The van der Waals surface area contributed by atoms with Crippen LogP contribution in [0.15, 0.2) is 35.2 Å². The first-order valence-corrected chi connectivity index (χ1v) is 10.00. The molecule has 0 atom stereocenters. The molecule has 0 bridgehead atoms. The van der Waals surface area contributed by atoms with Gasteiger partial charge in [-0.1, -0.05) is 42.2 Å². The van der Waals surface area contributed by atoms with Crippen molar-refractivity contribution in [3.8, 4) is 0 Å². The molecular formula is C16H22N2OS3. The monoisotopic (exact) mass is 354 g/mol. The fourth-order valence-electron chi connectivity index (χ4n) is 2.18. The van der Waals surface area contributed by atoms with Gasteiger partial charge in [0.25, 0.3) is 0 Å². The fraction of sp³-hybridized carbons (Fsp3) is 0.500. The highest BCUT2D eigenvalue weighted by atomic mass is 32.2. The Kier molecular flexibility index (Phi) is 8.12. The van der Waals surface area contributed by atoms with Crippen LogP contribution < -0.4 is 5.32 Å². The number of carbonyl (C=O) groups is 1. The topological polar surface area (TPSA) is 32.3 Å². The van der Waals surface area contributed by atoms with Gasteiger partial charge in [0.1, 0.15) is 4.32 Å². The number of nitrogens with one attached hydrogen (secondary N) is 1. The number of likely N-dealkylation sites (tertiary alicyclic amines) is 1. The number of hydrogen-bond acceptors (Lipinski definition) is 4. The van der Waals surface area contributed by atoms with Crippen LogP contribution in [0.4, 0.5) is 0 Å². The van der Waals surface area contributed by atoms with E-state index in [1.54, 1.807) is 0 Å². The maximum absolute atomic E-state index is 11.8. The summed E-state index contributed by atoms with van der Waals surface area (Å²) in [5, 5.41) is 2.96. The molecule has 0 unspecified atom stereocenters. The standard InChI is InChI=1S/C16H22N2OS3/c19-15(13-22-16(20)18-10-4-5-11-18)17-9-6-12-21-14-7-2-1-3-8-14/h1-3,7-8H,4-6,9-13H2,(H,17,19). The van der Waals surface area contributed by atoms with Crippen molar-refractivity contribution < 1.29 is 4.79 Å². The lowest BCUT2D eigenvalue weighted by Crippen LogP contribution is -2.29. The molecule has 0 saturated carbocycles. The van der Waals surface area contributed by atoms with Crippen LogP contribution in [-0.4, -0.2) is 46.3 Å². The third-order valence-electron chi connectivity index (χ3n) is 3.35. The molecule has 0 spiro atoms. The van der Waals surface area contributed by atoms with Crippen LogP contribution in [0.2, 0.25) is 0 Å². The Balaban J connectivity index is 1.49. The Labute approximate surface area is 146 Å². The third-order valence-corrected chi connectivity index (χ3v) is 5.97. The average molecular weight is 355 g/mol. The first-order chi connectivity index (χ1) is 10.8. The van der Waals surface area contributed by atoms with Crippen LogP contribution in [0.3, 0.4) is 0 Å². The number of hydrogen-bond donors (Lipinski definition) is 1. The van der Waals surface area contributed by atoms with Crippen LogP contribution in [0.5, 0.6) is 0 Å². The molecule has 0 aliphatic carbocycles. The third kappa shape index (κ3) is 6.58. The molecule has 120 valence electrons. The molecule has 1 aromatic carbocycles. The highest BCUT2D eigenvalue weighted by Crippen LogP contribution is 2.17. The van der Waals surface area contributed by atoms with Crippen molar-refractivity contribution in [2.24, 2.45) is 0 Å². The summed E-state index contributed by atoms with van der Waals surface area (Å²) in [5.41, 5.74) is 0. The molecule has 1 heterocycles. The molecule has 1 aliphatic heterocycles. The summed E-state index contributed by atoms with van der Waals surface area (Å²) >= 11 is 8.65. The molecule has 6 heteroatoms. The lowest BCUT2D eigenvalue weighted by atomic mass is 10.4. The smallest absolute Gasteiger partial charge is 0.230 e. The molecular weight excluding hydrogens is 332 g/mol. The molecule has 1 amide bonds. The Morgan fingerprint density at radius 1 is 1.23 bits per heavy atom. The summed E-state index contributed by atoms with van der Waals surface area (Å²) in [6.07, 6.45) is 3.41. The van der Waals surface area contributed by atoms with Crippen molar-refractivity contribution in [1.82, 2.24) is 10.2 Å². The second kappa shape index (κ2) is 10.1. The Morgan fingerprint density at radius 2 is 1.95 bits per heavy atom. The number of benzene rings is 1. The van der Waals surface area contributed by atoms with E-state index in [0.717, 1.165) is 36.1 Å². The molecule has 1 saturated heterocycles. The van der Waals surface area contributed by atoms with Gasteiger partial charge in [-0.25, -0.2) is 0 Å². The quantitative estimate of drug-likeness (QED) is 0.461. The molecule has 3 nitrogen and oxygen atoms in total. The molecule has 0 aromatic heterocycles. The maximum atomic E-state index is 11.8. The van der Waals surface area contributed by atoms with Gasteiger partial charge in [0, 0.05) is 24.5 Å². The Hall–Kier alpha value is -0.720. The summed E-state index contributed by atoms with van der Waals surface area (Å²) in [6.45, 7) is 2.82. The second-order valence-corrected chi connectivity index (χ2v) is 7.89. The summed E-state index contributed by atoms with van der Waals surface area (Å²) in [7, 11) is 0. The summed E-state index contributed by atoms with van der Waals surface area (Å²) in [4.78, 5) is 15.3. The predicted molar refractivity (Wildman–Crippen MR) is 101 cm³/mol. The van der Waals surface area contributed by atoms with E-state index in [1.807, 2.05) is 30.0 Å². The van der Waals surface area contributed by atoms with Crippen molar-refractivity contribution in [1.29, 1.82) is 0 Å². The first-order valence-electron chi connectivity index (χ1n) is 7.62. The lowest BCUT2D eigenvalue weighted by Gasteiger charge is -2.17. The van der Waals surface area contributed by atoms with Gasteiger partial charge in [-0.05, 0) is 37.1 Å². The van der Waals surface area contributed by atoms with Gasteiger partial charge in [0.05, 0.1) is 5.75 Å². The predicted octanol–water partition coefficient (Wildman–Crippen LogP) is 3.40. The zero-order valence-electron chi connectivity index (χ0n) is 12.6. The molecule has 1 aromatic rings. The first kappa shape index (κ1) is 17.6. The summed E-state index contributed by atoms with van der Waals surface area (Å²) < 4.78 is 0.868. The van der Waals surface area contributed by atoms with Gasteiger partial charge in [0.2, 0.25) is 5.91 Å². The van der Waals surface area contributed by atoms with Gasteiger partial charge >= 0.3 is 0 Å². The van der Waals surface area contributed by atoms with Gasteiger partial charge in [-0.15, -0.1) is 11.8 Å². The zero-order chi connectivity index (χ0) is 15.6. The van der Waals surface area contributed by atoms with Crippen LogP contribution in [0.25, 0.3) is 0 Å². The summed E-state index contributed by atoms with van der Waals surface area (Å²) in [6, 6.07) is 10.3. The fourth-order valence-corrected chi connectivity index (χ4v) is 4.13. The van der Waals surface area contributed by atoms with Crippen LogP contribution in [0, 0.1) is 0 Å². The van der Waals surface area contributed by atoms with E-state index in [0.29, 0.717) is 5.75 Å². The Bertz CT molecular complexity index is 476. The van der Waals surface area contributed by atoms with Gasteiger partial charge in [-0.2, -0.15) is 0 Å². The largest absolute Gasteiger partial charge is 0.358 e. The number of rotatable bonds is 7. The van der Waals surface area contributed by atoms with Crippen molar-refractivity contribution >= 4 is 46.0 Å². The number of thioether (sulfide) groups is 2. The molecule has 1 fully saturated rings. The number of carbonyl (C=O) groups excluding carboxylic acids is 1. The minimum atomic E-state index is 0.0799. The van der Waals surface area contributed by atoms with Crippen molar-refractivity contribution in [2.75, 3.05) is 31.1 Å². The van der Waals surface area contributed by atoms with E-state index in [-0.39, 0.29) is 5.91 Å². The van der Waals surface area contributed by atoms with Crippen LogP contribution >= 0.6 is 35.7 Å². The van der Waals surface area contributed by atoms with Crippen LogP contribution in [0.1, 0.15) is 19.3 Å². The van der Waals surface area contributed by atoms with Crippen molar-refractivity contribution in [2.45, 2.75) is 24.2 Å². The van der Waals surface area contributed by atoms with Crippen molar-refractivity contribution in [3.63, 3.8) is 0 Å². The van der Waals surface area contributed by atoms with Gasteiger partial charge < -0.3 is 10.2 Å². The number of thiocarbonyl (C=S) groups is 1. The van der Waals surface area contributed by atoms with Crippen molar-refractivity contribution in [3.05, 3.63) is 30.3 Å². The van der Waals surface area contributed by atoms with E-state index < -0.39 is 0 Å². The normalized spacial score (nSPS) is 14.1. The SMILES string of the molecule is O=C(CSC(=S)N1CCCC1)NCCCSc1ccccc1. The summed E-state index contributed by atoms with van der Waals surface area (Å²) in [5.74, 6) is 1.53. The molecule has 1 aliphatic rings. The number of nitrogens with zero attached hydrogens (tertiary/aromatic N) is 1. The minimum Gasteiger partial charge on any atom is -0.358 e. The van der Waals surface area contributed by atoms with Gasteiger partial charge in [-0.3, -0.25) is 4.79 Å². The van der Waals surface area contributed by atoms with E-state index in [9.17, 15) is 4.79 Å². The maximum Gasteiger partial charge on any atom is 0.230 e. The number of amides is 1. The molecule has 2 rings (SSSR count). The molecule has 22 heavy (non-hydrogen) atoms. The van der Waals surface area contributed by atoms with E-state index in [1.165, 1.54) is 29.5 Å². The zero-order valence-corrected chi connectivity index (χ0v) is 15.1. The van der Waals surface area contributed by atoms with E-state index in [4.69, 9.17) is 12.2 Å². The minimum absolute atomic E-state index is 0.0799. The highest BCUT2D eigenvalue weighted by Gasteiger charge is 2.15. The molecule has 1 N–H and O–H groups in total. The second-order valence-electron chi connectivity index (χ2n) is 5.11. The lowest BCUT2D eigenvalue weighted by molar-refractivity contribution is -0.118. The van der Waals surface area contributed by atoms with Gasteiger partial charge in [0.15, 0.2) is 0 Å². The van der Waals surface area contributed by atoms with Crippen LogP contribution in [-0.2, 0) is 4.79 Å². The highest BCUT2D eigenvalue weighted by molar-refractivity contribution is 8.23. The van der Waals surface area contributed by atoms with E-state index in [2.05, 4.69) is 22.3 Å². The average Bonchev–Trinajstić information content (AvgIpc) is 3.08. The van der Waals surface area contributed by atoms with E-state index >= 15 is 0 Å². The Morgan fingerprint density at radius 3 is 2.68 bits per heavy atom.